The molecule has 0 spiro atoms. The van der Waals surface area contributed by atoms with E-state index in [-0.39, 0.29) is 5.91 Å². The van der Waals surface area contributed by atoms with Crippen LogP contribution in [0.1, 0.15) is 16.7 Å². The Morgan fingerprint density at radius 3 is 2.25 bits per heavy atom. The van der Waals surface area contributed by atoms with Crippen LogP contribution in [-0.2, 0) is 17.8 Å². The maximum absolute atomic E-state index is 11.8. The Hall–Kier alpha value is -2.12. The van der Waals surface area contributed by atoms with Gasteiger partial charge in [-0.1, -0.05) is 40.2 Å². The van der Waals surface area contributed by atoms with Gasteiger partial charge in [0.2, 0.25) is 5.91 Å². The highest BCUT2D eigenvalue weighted by Crippen LogP contribution is 2.11. The van der Waals surface area contributed by atoms with Crippen molar-refractivity contribution < 1.29 is 4.79 Å². The van der Waals surface area contributed by atoms with Crippen molar-refractivity contribution in [3.8, 4) is 6.07 Å². The van der Waals surface area contributed by atoms with Crippen LogP contribution in [0.5, 0.6) is 0 Å². The number of carbonyl (C=O) groups excluding carboxylic acids is 1. The third-order valence-electron chi connectivity index (χ3n) is 2.85. The molecule has 0 saturated carbocycles. The van der Waals surface area contributed by atoms with E-state index in [0.29, 0.717) is 18.5 Å². The average Bonchev–Trinajstić information content (AvgIpc) is 2.48. The summed E-state index contributed by atoms with van der Waals surface area (Å²) >= 11 is 3.36. The smallest absolute Gasteiger partial charge is 0.224 e. The first-order chi connectivity index (χ1) is 9.67. The summed E-state index contributed by atoms with van der Waals surface area (Å²) in [6, 6.07) is 16.9. The minimum Gasteiger partial charge on any atom is -0.352 e. The molecule has 0 bridgehead atoms. The largest absolute Gasteiger partial charge is 0.352 e. The number of nitrogens with one attached hydrogen (secondary N) is 1. The fourth-order valence-electron chi connectivity index (χ4n) is 1.75. The van der Waals surface area contributed by atoms with E-state index in [2.05, 4.69) is 27.3 Å². The van der Waals surface area contributed by atoms with E-state index in [4.69, 9.17) is 5.26 Å². The normalized spacial score (nSPS) is 9.80. The molecule has 0 unspecified atom stereocenters. The van der Waals surface area contributed by atoms with Crippen molar-refractivity contribution in [3.05, 3.63) is 69.7 Å². The molecule has 0 fully saturated rings. The van der Waals surface area contributed by atoms with Gasteiger partial charge in [-0.05, 0) is 35.4 Å². The van der Waals surface area contributed by atoms with E-state index in [0.717, 1.165) is 15.6 Å². The third-order valence-corrected chi connectivity index (χ3v) is 3.38. The van der Waals surface area contributed by atoms with Gasteiger partial charge in [0.25, 0.3) is 0 Å². The molecule has 1 amide bonds. The van der Waals surface area contributed by atoms with Gasteiger partial charge in [0.1, 0.15) is 0 Å². The summed E-state index contributed by atoms with van der Waals surface area (Å²) in [4.78, 5) is 11.8. The summed E-state index contributed by atoms with van der Waals surface area (Å²) in [6.45, 7) is 0.473. The molecular formula is C16H13BrN2O. The van der Waals surface area contributed by atoms with Crippen molar-refractivity contribution in [1.29, 1.82) is 5.26 Å². The van der Waals surface area contributed by atoms with Gasteiger partial charge in [0, 0.05) is 11.0 Å². The molecule has 100 valence electrons. The predicted molar refractivity (Wildman–Crippen MR) is 80.8 cm³/mol. The van der Waals surface area contributed by atoms with Crippen molar-refractivity contribution in [1.82, 2.24) is 5.32 Å². The molecule has 20 heavy (non-hydrogen) atoms. The number of nitriles is 1. The molecule has 2 aromatic rings. The summed E-state index contributed by atoms with van der Waals surface area (Å²) in [7, 11) is 0. The molecule has 2 rings (SSSR count). The van der Waals surface area contributed by atoms with Gasteiger partial charge in [0.15, 0.2) is 0 Å². The second-order valence-corrected chi connectivity index (χ2v) is 5.30. The Morgan fingerprint density at radius 2 is 1.65 bits per heavy atom. The van der Waals surface area contributed by atoms with Crippen LogP contribution in [-0.4, -0.2) is 5.91 Å². The molecule has 0 aromatic heterocycles. The maximum atomic E-state index is 11.8. The topological polar surface area (TPSA) is 52.9 Å². The monoisotopic (exact) mass is 328 g/mol. The Kier molecular flexibility index (Phi) is 4.91. The average molecular weight is 329 g/mol. The van der Waals surface area contributed by atoms with Crippen LogP contribution >= 0.6 is 15.9 Å². The zero-order chi connectivity index (χ0) is 14.4. The van der Waals surface area contributed by atoms with Crippen molar-refractivity contribution in [2.75, 3.05) is 0 Å². The van der Waals surface area contributed by atoms with Crippen molar-refractivity contribution in [2.45, 2.75) is 13.0 Å². The van der Waals surface area contributed by atoms with Crippen LogP contribution in [0.15, 0.2) is 53.0 Å². The van der Waals surface area contributed by atoms with Crippen LogP contribution in [0.4, 0.5) is 0 Å². The minimum atomic E-state index is -0.0170. The highest BCUT2D eigenvalue weighted by Gasteiger charge is 2.03. The van der Waals surface area contributed by atoms with Gasteiger partial charge < -0.3 is 5.32 Å². The molecule has 0 aliphatic heterocycles. The molecule has 0 aliphatic carbocycles. The summed E-state index contributed by atoms with van der Waals surface area (Å²) in [6.07, 6.45) is 0.365. The van der Waals surface area contributed by atoms with Gasteiger partial charge in [0.05, 0.1) is 18.1 Å². The van der Waals surface area contributed by atoms with E-state index in [1.165, 1.54) is 0 Å². The lowest BCUT2D eigenvalue weighted by Crippen LogP contribution is -2.24. The van der Waals surface area contributed by atoms with Crippen LogP contribution in [0, 0.1) is 11.3 Å². The van der Waals surface area contributed by atoms with Crippen LogP contribution < -0.4 is 5.32 Å². The van der Waals surface area contributed by atoms with Gasteiger partial charge in [-0.15, -0.1) is 0 Å². The standard InChI is InChI=1S/C16H13BrN2O/c17-15-7-5-12(6-8-15)9-16(20)19-11-14-3-1-13(10-18)2-4-14/h1-8H,9,11H2,(H,19,20). The number of carbonyl (C=O) groups is 1. The Bertz CT molecular complexity index is 627. The fourth-order valence-corrected chi connectivity index (χ4v) is 2.01. The molecular weight excluding hydrogens is 316 g/mol. The molecule has 0 heterocycles. The summed E-state index contributed by atoms with van der Waals surface area (Å²) in [5, 5.41) is 11.6. The molecule has 3 nitrogen and oxygen atoms in total. The molecule has 0 radical (unpaired) electrons. The third kappa shape index (κ3) is 4.22. The zero-order valence-corrected chi connectivity index (χ0v) is 12.4. The Morgan fingerprint density at radius 1 is 1.05 bits per heavy atom. The van der Waals surface area contributed by atoms with E-state index >= 15 is 0 Å². The number of nitrogens with zero attached hydrogens (tertiary/aromatic N) is 1. The van der Waals surface area contributed by atoms with E-state index in [9.17, 15) is 4.79 Å². The van der Waals surface area contributed by atoms with Gasteiger partial charge >= 0.3 is 0 Å². The SMILES string of the molecule is N#Cc1ccc(CNC(=O)Cc2ccc(Br)cc2)cc1. The van der Waals surface area contributed by atoms with Gasteiger partial charge in [-0.3, -0.25) is 4.79 Å². The Balaban J connectivity index is 1.85. The molecule has 4 heteroatoms. The first-order valence-corrected chi connectivity index (χ1v) is 6.97. The molecule has 2 aromatic carbocycles. The number of halogens is 1. The van der Waals surface area contributed by atoms with Crippen LogP contribution in [0.3, 0.4) is 0 Å². The molecule has 1 N–H and O–H groups in total. The van der Waals surface area contributed by atoms with Crippen molar-refractivity contribution in [3.63, 3.8) is 0 Å². The quantitative estimate of drug-likeness (QED) is 0.937. The number of hydrogen-bond donors (Lipinski definition) is 1. The number of benzene rings is 2. The highest BCUT2D eigenvalue weighted by atomic mass is 79.9. The summed E-state index contributed by atoms with van der Waals surface area (Å²) in [5.74, 6) is -0.0170. The maximum Gasteiger partial charge on any atom is 0.224 e. The predicted octanol–water partition coefficient (Wildman–Crippen LogP) is 3.18. The van der Waals surface area contributed by atoms with Crippen molar-refractivity contribution >= 4 is 21.8 Å². The highest BCUT2D eigenvalue weighted by molar-refractivity contribution is 9.10. The summed E-state index contributed by atoms with van der Waals surface area (Å²) in [5.41, 5.74) is 2.58. The van der Waals surface area contributed by atoms with Crippen LogP contribution in [0.25, 0.3) is 0 Å². The van der Waals surface area contributed by atoms with E-state index < -0.39 is 0 Å². The molecule has 0 saturated heterocycles. The lowest BCUT2D eigenvalue weighted by atomic mass is 10.1. The number of rotatable bonds is 4. The van der Waals surface area contributed by atoms with Crippen LogP contribution in [0.2, 0.25) is 0 Å². The lowest BCUT2D eigenvalue weighted by molar-refractivity contribution is -0.120. The second-order valence-electron chi connectivity index (χ2n) is 4.39. The molecule has 0 aliphatic rings. The lowest BCUT2D eigenvalue weighted by Gasteiger charge is -2.06. The zero-order valence-electron chi connectivity index (χ0n) is 10.8. The fraction of sp³-hybridized carbons (Fsp3) is 0.125. The van der Waals surface area contributed by atoms with Crippen molar-refractivity contribution in [2.24, 2.45) is 0 Å². The first kappa shape index (κ1) is 14.3. The Labute approximate surface area is 126 Å². The second kappa shape index (κ2) is 6.88. The molecule has 0 atom stereocenters. The van der Waals surface area contributed by atoms with Gasteiger partial charge in [-0.2, -0.15) is 5.26 Å². The van der Waals surface area contributed by atoms with E-state index in [1.807, 2.05) is 36.4 Å². The first-order valence-electron chi connectivity index (χ1n) is 6.17. The number of amides is 1. The minimum absolute atomic E-state index is 0.0170. The summed E-state index contributed by atoms with van der Waals surface area (Å²) < 4.78 is 0.999. The van der Waals surface area contributed by atoms with E-state index in [1.54, 1.807) is 12.1 Å². The number of hydrogen-bond acceptors (Lipinski definition) is 2. The van der Waals surface area contributed by atoms with Gasteiger partial charge in [-0.25, -0.2) is 0 Å².